The van der Waals surface area contributed by atoms with Gasteiger partial charge in [0, 0.05) is 42.4 Å². The van der Waals surface area contributed by atoms with Gasteiger partial charge in [-0.2, -0.15) is 10.2 Å². The highest BCUT2D eigenvalue weighted by molar-refractivity contribution is 6.04. The topological polar surface area (TPSA) is 68.2 Å². The zero-order valence-electron chi connectivity index (χ0n) is 15.2. The van der Waals surface area contributed by atoms with Crippen molar-refractivity contribution in [1.29, 1.82) is 0 Å². The van der Waals surface area contributed by atoms with Gasteiger partial charge >= 0.3 is 0 Å². The van der Waals surface area contributed by atoms with Crippen LogP contribution in [0.4, 0.5) is 0 Å². The van der Waals surface area contributed by atoms with Crippen molar-refractivity contribution in [1.82, 2.24) is 19.6 Å². The molecule has 1 N–H and O–H groups in total. The van der Waals surface area contributed by atoms with E-state index in [-0.39, 0.29) is 0 Å². The summed E-state index contributed by atoms with van der Waals surface area (Å²) in [6.45, 7) is 0. The molecule has 2 aromatic carbocycles. The van der Waals surface area contributed by atoms with Gasteiger partial charge in [-0.1, -0.05) is 29.4 Å². The van der Waals surface area contributed by atoms with Gasteiger partial charge in [-0.15, -0.1) is 0 Å². The smallest absolute Gasteiger partial charge is 0.100 e. The van der Waals surface area contributed by atoms with E-state index in [0.29, 0.717) is 0 Å². The molecule has 0 unspecified atom stereocenters. The summed E-state index contributed by atoms with van der Waals surface area (Å²) >= 11 is 0. The van der Waals surface area contributed by atoms with Crippen molar-refractivity contribution < 1.29 is 5.21 Å². The van der Waals surface area contributed by atoms with E-state index in [4.69, 9.17) is 10.3 Å². The third kappa shape index (κ3) is 2.44. The first-order valence-corrected chi connectivity index (χ1v) is 8.94. The number of aryl methyl sites for hydroxylation is 3. The summed E-state index contributed by atoms with van der Waals surface area (Å²) in [5.74, 6) is 0. The van der Waals surface area contributed by atoms with Crippen LogP contribution in [0.1, 0.15) is 17.5 Å². The van der Waals surface area contributed by atoms with Gasteiger partial charge < -0.3 is 5.21 Å². The molecule has 2 aromatic heterocycles. The molecule has 134 valence electrons. The highest BCUT2D eigenvalue weighted by Gasteiger charge is 2.20. The highest BCUT2D eigenvalue weighted by Crippen LogP contribution is 2.35. The van der Waals surface area contributed by atoms with Crippen molar-refractivity contribution in [2.24, 2.45) is 19.3 Å². The van der Waals surface area contributed by atoms with Gasteiger partial charge in [0.1, 0.15) is 5.69 Å². The second kappa shape index (κ2) is 5.81. The molecule has 0 bridgehead atoms. The SMILES string of the molecule is Cn1cc(-c2ccc3c(c2)CC/C3=N\O)c(-c2ccc3c(cnn3C)c2)n1. The van der Waals surface area contributed by atoms with Gasteiger partial charge in [0.15, 0.2) is 0 Å². The summed E-state index contributed by atoms with van der Waals surface area (Å²) in [5.41, 5.74) is 8.39. The molecular formula is C21H19N5O. The van der Waals surface area contributed by atoms with Crippen LogP contribution in [-0.4, -0.2) is 30.5 Å². The van der Waals surface area contributed by atoms with Crippen LogP contribution < -0.4 is 0 Å². The normalized spacial score (nSPS) is 15.0. The molecule has 0 spiro atoms. The van der Waals surface area contributed by atoms with Crippen LogP contribution >= 0.6 is 0 Å². The summed E-state index contributed by atoms with van der Waals surface area (Å²) < 4.78 is 3.73. The van der Waals surface area contributed by atoms with Crippen LogP contribution in [0, 0.1) is 0 Å². The minimum absolute atomic E-state index is 0.769. The van der Waals surface area contributed by atoms with Crippen molar-refractivity contribution in [2.45, 2.75) is 12.8 Å². The molecule has 0 saturated heterocycles. The van der Waals surface area contributed by atoms with Crippen molar-refractivity contribution in [2.75, 3.05) is 0 Å². The summed E-state index contributed by atoms with van der Waals surface area (Å²) in [4.78, 5) is 0. The zero-order chi connectivity index (χ0) is 18.5. The lowest BCUT2D eigenvalue weighted by Crippen LogP contribution is -1.93. The molecule has 6 nitrogen and oxygen atoms in total. The molecule has 6 heteroatoms. The van der Waals surface area contributed by atoms with Gasteiger partial charge in [0.25, 0.3) is 0 Å². The number of aromatic nitrogens is 4. The largest absolute Gasteiger partial charge is 0.411 e. The zero-order valence-corrected chi connectivity index (χ0v) is 15.2. The third-order valence-corrected chi connectivity index (χ3v) is 5.33. The number of nitrogens with zero attached hydrogens (tertiary/aromatic N) is 5. The van der Waals surface area contributed by atoms with Crippen LogP contribution in [-0.2, 0) is 20.5 Å². The Morgan fingerprint density at radius 3 is 2.70 bits per heavy atom. The van der Waals surface area contributed by atoms with E-state index in [0.717, 1.165) is 57.4 Å². The van der Waals surface area contributed by atoms with E-state index < -0.39 is 0 Å². The van der Waals surface area contributed by atoms with Crippen LogP contribution in [0.5, 0.6) is 0 Å². The molecule has 0 aliphatic heterocycles. The molecule has 2 heterocycles. The van der Waals surface area contributed by atoms with E-state index in [2.05, 4.69) is 46.8 Å². The second-order valence-electron chi connectivity index (χ2n) is 7.03. The summed E-state index contributed by atoms with van der Waals surface area (Å²) in [5, 5.41) is 22.7. The Kier molecular flexibility index (Phi) is 3.40. The van der Waals surface area contributed by atoms with E-state index in [1.54, 1.807) is 0 Å². The summed E-state index contributed by atoms with van der Waals surface area (Å²) in [6, 6.07) is 12.6. The van der Waals surface area contributed by atoms with E-state index in [1.807, 2.05) is 35.7 Å². The monoisotopic (exact) mass is 357 g/mol. The molecule has 1 aliphatic rings. The van der Waals surface area contributed by atoms with Gasteiger partial charge in [-0.25, -0.2) is 0 Å². The first-order valence-electron chi connectivity index (χ1n) is 8.94. The molecule has 5 rings (SSSR count). The molecule has 0 amide bonds. The van der Waals surface area contributed by atoms with Gasteiger partial charge in [-0.3, -0.25) is 9.36 Å². The van der Waals surface area contributed by atoms with Gasteiger partial charge in [0.2, 0.25) is 0 Å². The number of fused-ring (bicyclic) bond motifs is 2. The number of benzene rings is 2. The third-order valence-electron chi connectivity index (χ3n) is 5.33. The van der Waals surface area contributed by atoms with Crippen molar-refractivity contribution in [3.8, 4) is 22.4 Å². The Morgan fingerprint density at radius 1 is 1.00 bits per heavy atom. The van der Waals surface area contributed by atoms with Crippen LogP contribution in [0.15, 0.2) is 53.9 Å². The lowest BCUT2D eigenvalue weighted by molar-refractivity contribution is 0.318. The van der Waals surface area contributed by atoms with Crippen molar-refractivity contribution in [3.63, 3.8) is 0 Å². The summed E-state index contributed by atoms with van der Waals surface area (Å²) in [6.07, 6.45) is 5.62. The standard InChI is InChI=1S/C21H19N5O/c1-25-12-18(14-3-6-17-13(9-14)4-7-19(17)24-27)21(23-25)15-5-8-20-16(10-15)11-22-26(20)2/h3,5-6,8-12,27H,4,7H2,1-2H3/b24-19+. The van der Waals surface area contributed by atoms with E-state index in [1.165, 1.54) is 5.56 Å². The Morgan fingerprint density at radius 2 is 1.85 bits per heavy atom. The van der Waals surface area contributed by atoms with E-state index in [9.17, 15) is 0 Å². The Bertz CT molecular complexity index is 1210. The number of hydrogen-bond donors (Lipinski definition) is 1. The van der Waals surface area contributed by atoms with Crippen molar-refractivity contribution in [3.05, 3.63) is 59.9 Å². The fourth-order valence-corrected chi connectivity index (χ4v) is 3.97. The Balaban J connectivity index is 1.64. The number of hydrogen-bond acceptors (Lipinski definition) is 4. The molecule has 0 fully saturated rings. The second-order valence-corrected chi connectivity index (χ2v) is 7.03. The van der Waals surface area contributed by atoms with Crippen LogP contribution in [0.25, 0.3) is 33.3 Å². The van der Waals surface area contributed by atoms with Crippen LogP contribution in [0.2, 0.25) is 0 Å². The molecule has 0 radical (unpaired) electrons. The van der Waals surface area contributed by atoms with Crippen molar-refractivity contribution >= 4 is 16.6 Å². The first-order chi connectivity index (χ1) is 13.1. The maximum Gasteiger partial charge on any atom is 0.100 e. The van der Waals surface area contributed by atoms with E-state index >= 15 is 0 Å². The summed E-state index contributed by atoms with van der Waals surface area (Å²) in [7, 11) is 3.89. The highest BCUT2D eigenvalue weighted by atomic mass is 16.4. The maximum atomic E-state index is 9.15. The minimum Gasteiger partial charge on any atom is -0.411 e. The Hall–Kier alpha value is -3.41. The molecular weight excluding hydrogens is 338 g/mol. The lowest BCUT2D eigenvalue weighted by Gasteiger charge is -2.06. The van der Waals surface area contributed by atoms with Gasteiger partial charge in [-0.05, 0) is 36.1 Å². The number of rotatable bonds is 2. The maximum absolute atomic E-state index is 9.15. The predicted molar refractivity (Wildman–Crippen MR) is 105 cm³/mol. The average molecular weight is 357 g/mol. The molecule has 1 aliphatic carbocycles. The fourth-order valence-electron chi connectivity index (χ4n) is 3.97. The predicted octanol–water partition coefficient (Wildman–Crippen LogP) is 3.77. The molecule has 0 atom stereocenters. The van der Waals surface area contributed by atoms with Gasteiger partial charge in [0.05, 0.1) is 17.4 Å². The van der Waals surface area contributed by atoms with Crippen LogP contribution in [0.3, 0.4) is 0 Å². The quantitative estimate of drug-likeness (QED) is 0.439. The fraction of sp³-hybridized carbons (Fsp3) is 0.190. The molecule has 0 saturated carbocycles. The Labute approximate surface area is 156 Å². The minimum atomic E-state index is 0.769. The number of oxime groups is 1. The lowest BCUT2D eigenvalue weighted by atomic mass is 9.98. The molecule has 27 heavy (non-hydrogen) atoms. The molecule has 4 aromatic rings. The first kappa shape index (κ1) is 15.8. The average Bonchev–Trinajstić information content (AvgIpc) is 3.37.